The molecule has 0 saturated carbocycles. The highest BCUT2D eigenvalue weighted by atomic mass is 32.1. The molecule has 1 unspecified atom stereocenters. The average Bonchev–Trinajstić information content (AvgIpc) is 2.92. The van der Waals surface area contributed by atoms with E-state index in [4.69, 9.17) is 0 Å². The summed E-state index contributed by atoms with van der Waals surface area (Å²) < 4.78 is 0. The molecule has 2 heteroatoms. The van der Waals surface area contributed by atoms with Gasteiger partial charge in [0.05, 0.1) is 6.04 Å². The minimum absolute atomic E-state index is 0.160. The zero-order valence-electron chi connectivity index (χ0n) is 12.9. The van der Waals surface area contributed by atoms with Gasteiger partial charge in [-0.1, -0.05) is 44.2 Å². The largest absolute Gasteiger partial charge is 0.312 e. The average molecular weight is 287 g/mol. The maximum Gasteiger partial charge on any atom is 0.0510 e. The monoisotopic (exact) mass is 287 g/mol. The van der Waals surface area contributed by atoms with Crippen LogP contribution in [0.25, 0.3) is 0 Å². The number of hydrogen-bond acceptors (Lipinski definition) is 2. The molecule has 2 rings (SSSR count). The third-order valence-electron chi connectivity index (χ3n) is 4.50. The van der Waals surface area contributed by atoms with Gasteiger partial charge in [0, 0.05) is 15.2 Å². The van der Waals surface area contributed by atoms with Crippen LogP contribution in [0.15, 0.2) is 42.5 Å². The molecule has 1 nitrogen and oxygen atoms in total. The molecule has 0 fully saturated rings. The van der Waals surface area contributed by atoms with Crippen LogP contribution < -0.4 is 5.32 Å². The van der Waals surface area contributed by atoms with Crippen LogP contribution in [0.3, 0.4) is 0 Å². The second-order valence-corrected chi connectivity index (χ2v) is 6.72. The second kappa shape index (κ2) is 6.55. The SMILES string of the molecule is CCC(CC)(c1ccccc1)C(NC)c1ccc(C)s1. The first-order valence-electron chi connectivity index (χ1n) is 7.47. The van der Waals surface area contributed by atoms with Crippen LogP contribution in [0.2, 0.25) is 0 Å². The zero-order valence-corrected chi connectivity index (χ0v) is 13.8. The quantitative estimate of drug-likeness (QED) is 0.781. The number of nitrogens with one attached hydrogen (secondary N) is 1. The van der Waals surface area contributed by atoms with E-state index in [1.165, 1.54) is 15.3 Å². The van der Waals surface area contributed by atoms with Crippen molar-refractivity contribution in [3.05, 3.63) is 57.8 Å². The Morgan fingerprint density at radius 3 is 2.15 bits per heavy atom. The van der Waals surface area contributed by atoms with E-state index in [-0.39, 0.29) is 5.41 Å². The predicted molar refractivity (Wildman–Crippen MR) is 89.6 cm³/mol. The first-order valence-corrected chi connectivity index (χ1v) is 8.28. The Labute approximate surface area is 127 Å². The van der Waals surface area contributed by atoms with Crippen LogP contribution >= 0.6 is 11.3 Å². The van der Waals surface area contributed by atoms with E-state index in [9.17, 15) is 0 Å². The topological polar surface area (TPSA) is 12.0 Å². The van der Waals surface area contributed by atoms with E-state index in [1.54, 1.807) is 0 Å². The fourth-order valence-corrected chi connectivity index (χ4v) is 4.41. The van der Waals surface area contributed by atoms with Gasteiger partial charge in [0.25, 0.3) is 0 Å². The smallest absolute Gasteiger partial charge is 0.0510 e. The maximum atomic E-state index is 3.58. The summed E-state index contributed by atoms with van der Waals surface area (Å²) in [5.74, 6) is 0. The number of thiophene rings is 1. The number of rotatable bonds is 6. The van der Waals surface area contributed by atoms with Crippen molar-refractivity contribution in [3.63, 3.8) is 0 Å². The van der Waals surface area contributed by atoms with Gasteiger partial charge in [0.1, 0.15) is 0 Å². The molecule has 0 radical (unpaired) electrons. The Hall–Kier alpha value is -1.12. The molecule has 0 aliphatic rings. The Kier molecular flexibility index (Phi) is 5.00. The Morgan fingerprint density at radius 1 is 1.05 bits per heavy atom. The molecule has 0 aliphatic heterocycles. The highest BCUT2D eigenvalue weighted by molar-refractivity contribution is 7.12. The number of aryl methyl sites for hydroxylation is 1. The van der Waals surface area contributed by atoms with Crippen molar-refractivity contribution in [3.8, 4) is 0 Å². The lowest BCUT2D eigenvalue weighted by Crippen LogP contribution is -2.39. The summed E-state index contributed by atoms with van der Waals surface area (Å²) in [6, 6.07) is 15.8. The molecule has 108 valence electrons. The van der Waals surface area contributed by atoms with Gasteiger partial charge in [-0.25, -0.2) is 0 Å². The van der Waals surface area contributed by atoms with Gasteiger partial charge in [-0.15, -0.1) is 11.3 Å². The van der Waals surface area contributed by atoms with Crippen molar-refractivity contribution in [1.29, 1.82) is 0 Å². The van der Waals surface area contributed by atoms with Crippen molar-refractivity contribution < 1.29 is 0 Å². The van der Waals surface area contributed by atoms with Gasteiger partial charge < -0.3 is 5.32 Å². The van der Waals surface area contributed by atoms with E-state index in [2.05, 4.69) is 75.6 Å². The maximum absolute atomic E-state index is 3.58. The molecule has 0 aliphatic carbocycles. The summed E-state index contributed by atoms with van der Waals surface area (Å²) in [6.45, 7) is 6.80. The van der Waals surface area contributed by atoms with E-state index in [0.29, 0.717) is 6.04 Å². The Balaban J connectivity index is 2.50. The number of likely N-dealkylation sites (N-methyl/N-ethyl adjacent to an activating group) is 1. The van der Waals surface area contributed by atoms with Gasteiger partial charge in [-0.05, 0) is 44.5 Å². The van der Waals surface area contributed by atoms with Gasteiger partial charge in [0.15, 0.2) is 0 Å². The summed E-state index contributed by atoms with van der Waals surface area (Å²) in [4.78, 5) is 2.83. The van der Waals surface area contributed by atoms with E-state index >= 15 is 0 Å². The lowest BCUT2D eigenvalue weighted by Gasteiger charge is -2.40. The molecule has 1 aromatic heterocycles. The lowest BCUT2D eigenvalue weighted by molar-refractivity contribution is 0.290. The zero-order chi connectivity index (χ0) is 14.6. The molecular weight excluding hydrogens is 262 g/mol. The summed E-state index contributed by atoms with van der Waals surface area (Å²) in [5.41, 5.74) is 1.60. The molecule has 1 aromatic carbocycles. The first kappa shape index (κ1) is 15.3. The van der Waals surface area contributed by atoms with Crippen LogP contribution in [-0.4, -0.2) is 7.05 Å². The van der Waals surface area contributed by atoms with Crippen LogP contribution in [0.1, 0.15) is 48.0 Å². The molecule has 2 aromatic rings. The van der Waals surface area contributed by atoms with Gasteiger partial charge in [-0.2, -0.15) is 0 Å². The third kappa shape index (κ3) is 2.68. The van der Waals surface area contributed by atoms with Crippen molar-refractivity contribution >= 4 is 11.3 Å². The van der Waals surface area contributed by atoms with E-state index in [0.717, 1.165) is 12.8 Å². The second-order valence-electron chi connectivity index (χ2n) is 5.40. The molecule has 0 amide bonds. The minimum Gasteiger partial charge on any atom is -0.312 e. The fourth-order valence-electron chi connectivity index (χ4n) is 3.30. The van der Waals surface area contributed by atoms with Crippen molar-refractivity contribution in [2.24, 2.45) is 0 Å². The van der Waals surface area contributed by atoms with Gasteiger partial charge >= 0.3 is 0 Å². The standard InChI is InChI=1S/C18H25NS/c1-5-18(6-2,15-10-8-7-9-11-15)17(19-4)16-13-12-14(3)20-16/h7-13,17,19H,5-6H2,1-4H3. The summed E-state index contributed by atoms with van der Waals surface area (Å²) >= 11 is 1.91. The highest BCUT2D eigenvalue weighted by Crippen LogP contribution is 2.44. The van der Waals surface area contributed by atoms with Crippen molar-refractivity contribution in [2.75, 3.05) is 7.05 Å². The van der Waals surface area contributed by atoms with Crippen LogP contribution in [0, 0.1) is 6.92 Å². The number of benzene rings is 1. The predicted octanol–water partition coefficient (Wildman–Crippen LogP) is 5.08. The Bertz CT molecular complexity index is 525. The van der Waals surface area contributed by atoms with E-state index < -0.39 is 0 Å². The summed E-state index contributed by atoms with van der Waals surface area (Å²) in [7, 11) is 2.09. The lowest BCUT2D eigenvalue weighted by atomic mass is 9.69. The van der Waals surface area contributed by atoms with Gasteiger partial charge in [-0.3, -0.25) is 0 Å². The molecule has 1 atom stereocenters. The molecule has 0 bridgehead atoms. The minimum atomic E-state index is 0.160. The van der Waals surface area contributed by atoms with Gasteiger partial charge in [0.2, 0.25) is 0 Å². The van der Waals surface area contributed by atoms with Crippen molar-refractivity contribution in [1.82, 2.24) is 5.32 Å². The normalized spacial score (nSPS) is 13.4. The Morgan fingerprint density at radius 2 is 1.70 bits per heavy atom. The number of hydrogen-bond donors (Lipinski definition) is 1. The first-order chi connectivity index (χ1) is 9.67. The summed E-state index contributed by atoms with van der Waals surface area (Å²) in [6.07, 6.45) is 2.27. The van der Waals surface area contributed by atoms with E-state index in [1.807, 2.05) is 11.3 Å². The molecular formula is C18H25NS. The third-order valence-corrected chi connectivity index (χ3v) is 5.56. The van der Waals surface area contributed by atoms with Crippen LogP contribution in [0.5, 0.6) is 0 Å². The van der Waals surface area contributed by atoms with Crippen LogP contribution in [0.4, 0.5) is 0 Å². The molecule has 0 spiro atoms. The van der Waals surface area contributed by atoms with Crippen molar-refractivity contribution in [2.45, 2.75) is 45.1 Å². The fraction of sp³-hybridized carbons (Fsp3) is 0.444. The van der Waals surface area contributed by atoms with Crippen LogP contribution in [-0.2, 0) is 5.41 Å². The molecule has 1 N–H and O–H groups in total. The summed E-state index contributed by atoms with van der Waals surface area (Å²) in [5, 5.41) is 3.58. The molecule has 1 heterocycles. The highest BCUT2D eigenvalue weighted by Gasteiger charge is 2.38. The molecule has 0 saturated heterocycles. The molecule has 20 heavy (non-hydrogen) atoms.